The third-order valence-electron chi connectivity index (χ3n) is 0.387. The van der Waals surface area contributed by atoms with Gasteiger partial charge in [0.2, 0.25) is 0 Å². The van der Waals surface area contributed by atoms with E-state index in [9.17, 15) is 0 Å². The summed E-state index contributed by atoms with van der Waals surface area (Å²) in [4.78, 5) is 18.0. The number of allylic oxidation sites excluding steroid dienone is 1. The second kappa shape index (κ2) is 13.8. The van der Waals surface area contributed by atoms with Crippen LogP contribution in [0.2, 0.25) is 0 Å². The van der Waals surface area contributed by atoms with Crippen LogP contribution in [0.1, 0.15) is 27.2 Å². The molecule has 6 heteroatoms. The van der Waals surface area contributed by atoms with Crippen LogP contribution in [0.25, 0.3) is 0 Å². The van der Waals surface area contributed by atoms with Gasteiger partial charge < -0.3 is 20.4 Å². The Morgan fingerprint density at radius 1 is 1.00 bits per heavy atom. The van der Waals surface area contributed by atoms with Crippen LogP contribution in [0, 0.1) is 0 Å². The predicted octanol–water partition coefficient (Wildman–Crippen LogP) is 1.54. The Hall–Kier alpha value is -1.72. The molecule has 0 aromatic heterocycles. The number of carboxylic acids is 2. The minimum atomic E-state index is -0.833. The Labute approximate surface area is 82.1 Å². The van der Waals surface area contributed by atoms with Crippen LogP contribution in [0.3, 0.4) is 0 Å². The topological polar surface area (TPSA) is 115 Å². The highest BCUT2D eigenvalue weighted by Crippen LogP contribution is 1.81. The van der Waals surface area contributed by atoms with Gasteiger partial charge in [-0.25, -0.2) is 0 Å². The molecule has 0 bridgehead atoms. The van der Waals surface area contributed by atoms with Crippen molar-refractivity contribution < 1.29 is 30.0 Å². The maximum Gasteiger partial charge on any atom is 0.300 e. The third kappa shape index (κ3) is 540. The molecule has 84 valence electrons. The second-order valence-electron chi connectivity index (χ2n) is 2.01. The van der Waals surface area contributed by atoms with Gasteiger partial charge in [-0.3, -0.25) is 9.59 Å². The first-order valence-corrected chi connectivity index (χ1v) is 3.71. The van der Waals surface area contributed by atoms with Crippen LogP contribution >= 0.6 is 0 Å². The molecule has 0 aromatic rings. The van der Waals surface area contributed by atoms with Crippen LogP contribution in [0.4, 0.5) is 0 Å². The summed E-state index contributed by atoms with van der Waals surface area (Å²) < 4.78 is 0. The average molecular weight is 208 g/mol. The zero-order chi connectivity index (χ0) is 12.1. The maximum absolute atomic E-state index is 9.00. The maximum atomic E-state index is 9.00. The molecule has 0 unspecified atom stereocenters. The van der Waals surface area contributed by atoms with E-state index in [1.54, 1.807) is 0 Å². The van der Waals surface area contributed by atoms with E-state index in [0.717, 1.165) is 13.8 Å². The van der Waals surface area contributed by atoms with Crippen molar-refractivity contribution in [2.75, 3.05) is 0 Å². The van der Waals surface area contributed by atoms with Gasteiger partial charge in [0.25, 0.3) is 17.9 Å². The fourth-order valence-electron chi connectivity index (χ4n) is 0.183. The Morgan fingerprint density at radius 2 is 1.21 bits per heavy atom. The van der Waals surface area contributed by atoms with Crippen LogP contribution < -0.4 is 0 Å². The van der Waals surface area contributed by atoms with Crippen molar-refractivity contribution in [1.29, 1.82) is 0 Å². The van der Waals surface area contributed by atoms with Gasteiger partial charge in [-0.15, -0.1) is 0 Å². The summed E-state index contributed by atoms with van der Waals surface area (Å²) in [7, 11) is 0. The molecule has 0 rings (SSSR count). The SMILES string of the molecule is CC(=O)O.CC(=O)O.CCC=C(O)O. The van der Waals surface area contributed by atoms with Crippen molar-refractivity contribution in [2.45, 2.75) is 27.2 Å². The van der Waals surface area contributed by atoms with Gasteiger partial charge >= 0.3 is 0 Å². The zero-order valence-electron chi connectivity index (χ0n) is 8.39. The number of hydrogen-bond acceptors (Lipinski definition) is 4. The first kappa shape index (κ1) is 18.1. The van der Waals surface area contributed by atoms with Gasteiger partial charge in [-0.1, -0.05) is 6.92 Å². The molecule has 0 atom stereocenters. The molecule has 0 saturated carbocycles. The lowest BCUT2D eigenvalue weighted by Gasteiger charge is -1.79. The van der Waals surface area contributed by atoms with Gasteiger partial charge in [0.1, 0.15) is 0 Å². The predicted molar refractivity (Wildman–Crippen MR) is 50.3 cm³/mol. The number of aliphatic hydroxyl groups is 2. The molecule has 0 spiro atoms. The Balaban J connectivity index is -0.000000135. The van der Waals surface area contributed by atoms with Gasteiger partial charge in [-0.2, -0.15) is 0 Å². The van der Waals surface area contributed by atoms with Crippen LogP contribution in [0.15, 0.2) is 12.0 Å². The molecular formula is C8H16O6. The quantitative estimate of drug-likeness (QED) is 0.486. The second-order valence-corrected chi connectivity index (χ2v) is 2.01. The summed E-state index contributed by atoms with van der Waals surface area (Å²) in [6.45, 7) is 3.99. The molecule has 14 heavy (non-hydrogen) atoms. The van der Waals surface area contributed by atoms with E-state index in [2.05, 4.69) is 0 Å². The standard InChI is InChI=1S/C4H8O2.2C2H4O2/c1-2-3-4(5)6;2*1-2(3)4/h3,5-6H,2H2,1H3;2*1H3,(H,3,4). The van der Waals surface area contributed by atoms with Gasteiger partial charge in [0, 0.05) is 13.8 Å². The van der Waals surface area contributed by atoms with Gasteiger partial charge in [0.05, 0.1) is 0 Å². The Kier molecular flexibility index (Phi) is 17.9. The Bertz CT molecular complexity index is 160. The minimum absolute atomic E-state index is 0.586. The fourth-order valence-corrected chi connectivity index (χ4v) is 0.183. The van der Waals surface area contributed by atoms with E-state index in [4.69, 9.17) is 30.0 Å². The van der Waals surface area contributed by atoms with Gasteiger partial charge in [-0.05, 0) is 12.5 Å². The van der Waals surface area contributed by atoms with Crippen molar-refractivity contribution in [1.82, 2.24) is 0 Å². The minimum Gasteiger partial charge on any atom is -0.481 e. The summed E-state index contributed by atoms with van der Waals surface area (Å²) in [5.41, 5.74) is 0. The molecule has 0 aliphatic rings. The summed E-state index contributed by atoms with van der Waals surface area (Å²) in [5, 5.41) is 30.8. The van der Waals surface area contributed by atoms with Gasteiger partial charge in [0.15, 0.2) is 0 Å². The monoisotopic (exact) mass is 208 g/mol. The van der Waals surface area contributed by atoms with Crippen molar-refractivity contribution in [3.63, 3.8) is 0 Å². The van der Waals surface area contributed by atoms with Crippen LogP contribution in [0.5, 0.6) is 0 Å². The van der Waals surface area contributed by atoms with E-state index >= 15 is 0 Å². The number of aliphatic hydroxyl groups excluding tert-OH is 1. The van der Waals surface area contributed by atoms with E-state index in [-0.39, 0.29) is 0 Å². The highest BCUT2D eigenvalue weighted by atomic mass is 16.5. The molecule has 6 nitrogen and oxygen atoms in total. The Morgan fingerprint density at radius 3 is 1.21 bits per heavy atom. The molecule has 0 saturated heterocycles. The molecule has 0 amide bonds. The fraction of sp³-hybridized carbons (Fsp3) is 0.500. The summed E-state index contributed by atoms with van der Waals surface area (Å²) in [6, 6.07) is 0. The number of carbonyl (C=O) groups is 2. The molecule has 0 aliphatic carbocycles. The highest BCUT2D eigenvalue weighted by molar-refractivity contribution is 5.63. The number of aliphatic carboxylic acids is 2. The first-order valence-electron chi connectivity index (χ1n) is 3.71. The van der Waals surface area contributed by atoms with E-state index in [1.807, 2.05) is 6.92 Å². The van der Waals surface area contributed by atoms with Crippen LogP contribution in [-0.2, 0) is 9.59 Å². The number of hydrogen-bond donors (Lipinski definition) is 4. The van der Waals surface area contributed by atoms with Crippen molar-refractivity contribution in [3.8, 4) is 0 Å². The molecular weight excluding hydrogens is 192 g/mol. The first-order chi connectivity index (χ1) is 6.23. The number of rotatable bonds is 1. The normalized spacial score (nSPS) is 6.79. The summed E-state index contributed by atoms with van der Waals surface area (Å²) in [5.74, 6) is -2.25. The van der Waals surface area contributed by atoms with Crippen LogP contribution in [-0.4, -0.2) is 32.4 Å². The van der Waals surface area contributed by atoms with Crippen molar-refractivity contribution in [3.05, 3.63) is 12.0 Å². The summed E-state index contributed by atoms with van der Waals surface area (Å²) in [6.07, 6.45) is 1.99. The zero-order valence-corrected chi connectivity index (χ0v) is 8.39. The third-order valence-corrected chi connectivity index (χ3v) is 0.387. The van der Waals surface area contributed by atoms with E-state index < -0.39 is 17.9 Å². The molecule has 0 heterocycles. The molecule has 4 N–H and O–H groups in total. The van der Waals surface area contributed by atoms with Crippen molar-refractivity contribution in [2.24, 2.45) is 0 Å². The van der Waals surface area contributed by atoms with Crippen molar-refractivity contribution >= 4 is 11.9 Å². The lowest BCUT2D eigenvalue weighted by atomic mass is 10.5. The largest absolute Gasteiger partial charge is 0.481 e. The van der Waals surface area contributed by atoms with E-state index in [0.29, 0.717) is 6.42 Å². The lowest BCUT2D eigenvalue weighted by Crippen LogP contribution is -1.78. The highest BCUT2D eigenvalue weighted by Gasteiger charge is 1.73. The molecule has 0 fully saturated rings. The van der Waals surface area contributed by atoms with E-state index in [1.165, 1.54) is 6.08 Å². The average Bonchev–Trinajstić information content (AvgIpc) is 1.82. The number of carboxylic acid groups (broad SMARTS) is 2. The molecule has 0 radical (unpaired) electrons. The smallest absolute Gasteiger partial charge is 0.300 e. The molecule has 0 aromatic carbocycles. The summed E-state index contributed by atoms with van der Waals surface area (Å²) >= 11 is 0. The molecule has 0 aliphatic heterocycles. The lowest BCUT2D eigenvalue weighted by molar-refractivity contribution is -0.135.